The quantitative estimate of drug-likeness (QED) is 0.874. The Morgan fingerprint density at radius 1 is 1.61 bits per heavy atom. The number of nitrogens with zero attached hydrogens (tertiary/aromatic N) is 1. The number of carbonyl (C=O) groups excluding carboxylic acids is 1. The van der Waals surface area contributed by atoms with E-state index in [2.05, 4.69) is 21.2 Å². The third-order valence-corrected chi connectivity index (χ3v) is 3.81. The van der Waals surface area contributed by atoms with Gasteiger partial charge in [-0.2, -0.15) is 0 Å². The first kappa shape index (κ1) is 13.6. The van der Waals surface area contributed by atoms with E-state index in [4.69, 9.17) is 16.7 Å². The second-order valence-electron chi connectivity index (χ2n) is 4.34. The monoisotopic (exact) mass is 332 g/mol. The molecule has 1 atom stereocenters. The highest BCUT2D eigenvalue weighted by molar-refractivity contribution is 9.10. The summed E-state index contributed by atoms with van der Waals surface area (Å²) in [7, 11) is 0. The van der Waals surface area contributed by atoms with Crippen LogP contribution in [0.25, 0.3) is 0 Å². The topological polar surface area (TPSA) is 52.6 Å². The van der Waals surface area contributed by atoms with Gasteiger partial charge in [-0.3, -0.25) is 0 Å². The lowest BCUT2D eigenvalue weighted by Crippen LogP contribution is -2.33. The molecule has 0 aliphatic carbocycles. The van der Waals surface area contributed by atoms with E-state index in [0.717, 1.165) is 10.9 Å². The van der Waals surface area contributed by atoms with Crippen molar-refractivity contribution >= 4 is 39.2 Å². The van der Waals surface area contributed by atoms with Crippen molar-refractivity contribution in [1.82, 2.24) is 4.90 Å². The number of halogens is 2. The van der Waals surface area contributed by atoms with Crippen molar-refractivity contribution in [3.63, 3.8) is 0 Å². The number of benzene rings is 1. The minimum absolute atomic E-state index is 0.128. The Balaban J connectivity index is 1.99. The molecule has 0 aromatic heterocycles. The van der Waals surface area contributed by atoms with Crippen molar-refractivity contribution in [3.8, 4) is 0 Å². The molecule has 0 bridgehead atoms. The van der Waals surface area contributed by atoms with Gasteiger partial charge in [-0.1, -0.05) is 27.5 Å². The van der Waals surface area contributed by atoms with Gasteiger partial charge in [0.15, 0.2) is 0 Å². The molecule has 0 spiro atoms. The molecule has 1 aliphatic heterocycles. The predicted molar refractivity (Wildman–Crippen MR) is 74.9 cm³/mol. The number of aliphatic hydroxyl groups excluding tert-OH is 1. The summed E-state index contributed by atoms with van der Waals surface area (Å²) in [6.07, 6.45) is 0.845. The lowest BCUT2D eigenvalue weighted by molar-refractivity contribution is 0.209. The fourth-order valence-electron chi connectivity index (χ4n) is 1.95. The summed E-state index contributed by atoms with van der Waals surface area (Å²) in [5.74, 6) is 0.191. The van der Waals surface area contributed by atoms with E-state index >= 15 is 0 Å². The molecule has 2 N–H and O–H groups in total. The summed E-state index contributed by atoms with van der Waals surface area (Å²) >= 11 is 9.34. The molecule has 6 heteroatoms. The Kier molecular flexibility index (Phi) is 4.48. The van der Waals surface area contributed by atoms with Crippen molar-refractivity contribution < 1.29 is 9.90 Å². The molecule has 18 heavy (non-hydrogen) atoms. The van der Waals surface area contributed by atoms with Crippen LogP contribution in [0.2, 0.25) is 5.02 Å². The Hall–Kier alpha value is -0.780. The number of rotatable bonds is 2. The molecule has 2 rings (SSSR count). The number of hydrogen-bond acceptors (Lipinski definition) is 2. The minimum Gasteiger partial charge on any atom is -0.396 e. The summed E-state index contributed by atoms with van der Waals surface area (Å²) < 4.78 is 0.868. The van der Waals surface area contributed by atoms with E-state index in [9.17, 15) is 4.79 Å². The van der Waals surface area contributed by atoms with Crippen LogP contribution in [0, 0.1) is 5.92 Å². The molecular weight excluding hydrogens is 320 g/mol. The Morgan fingerprint density at radius 2 is 2.39 bits per heavy atom. The Morgan fingerprint density at radius 3 is 3.00 bits per heavy atom. The number of aliphatic hydroxyl groups is 1. The molecule has 1 unspecified atom stereocenters. The first-order valence-corrected chi connectivity index (χ1v) is 6.89. The third kappa shape index (κ3) is 3.16. The average molecular weight is 334 g/mol. The van der Waals surface area contributed by atoms with Gasteiger partial charge < -0.3 is 15.3 Å². The first-order chi connectivity index (χ1) is 8.60. The third-order valence-electron chi connectivity index (χ3n) is 3.00. The first-order valence-electron chi connectivity index (χ1n) is 5.72. The van der Waals surface area contributed by atoms with Crippen LogP contribution in [0.15, 0.2) is 22.7 Å². The second-order valence-corrected chi connectivity index (χ2v) is 5.66. The fourth-order valence-corrected chi connectivity index (χ4v) is 2.67. The van der Waals surface area contributed by atoms with E-state index in [1.54, 1.807) is 17.0 Å². The van der Waals surface area contributed by atoms with Crippen molar-refractivity contribution in [3.05, 3.63) is 27.7 Å². The van der Waals surface area contributed by atoms with Gasteiger partial charge in [-0.25, -0.2) is 4.79 Å². The fraction of sp³-hybridized carbons (Fsp3) is 0.417. The van der Waals surface area contributed by atoms with Crippen LogP contribution in [0.3, 0.4) is 0 Å². The normalized spacial score (nSPS) is 19.1. The zero-order valence-electron chi connectivity index (χ0n) is 9.70. The molecule has 1 fully saturated rings. The van der Waals surface area contributed by atoms with Crippen molar-refractivity contribution in [2.24, 2.45) is 5.92 Å². The van der Waals surface area contributed by atoms with Gasteiger partial charge in [0.05, 0.1) is 10.7 Å². The van der Waals surface area contributed by atoms with E-state index in [1.165, 1.54) is 0 Å². The number of anilines is 1. The van der Waals surface area contributed by atoms with Crippen molar-refractivity contribution in [1.29, 1.82) is 0 Å². The number of hydrogen-bond donors (Lipinski definition) is 2. The minimum atomic E-state index is -0.171. The molecule has 1 heterocycles. The maximum absolute atomic E-state index is 12.0. The van der Waals surface area contributed by atoms with Crippen molar-refractivity contribution in [2.45, 2.75) is 6.42 Å². The molecule has 1 saturated heterocycles. The van der Waals surface area contributed by atoms with Crippen LogP contribution in [0.5, 0.6) is 0 Å². The molecule has 1 aliphatic rings. The van der Waals surface area contributed by atoms with Crippen LogP contribution in [0.4, 0.5) is 10.5 Å². The van der Waals surface area contributed by atoms with Gasteiger partial charge in [0.2, 0.25) is 0 Å². The maximum Gasteiger partial charge on any atom is 0.321 e. The van der Waals surface area contributed by atoms with E-state index < -0.39 is 0 Å². The zero-order chi connectivity index (χ0) is 13.1. The van der Waals surface area contributed by atoms with Crippen LogP contribution in [-0.4, -0.2) is 35.7 Å². The molecule has 1 aromatic rings. The van der Waals surface area contributed by atoms with Crippen LogP contribution in [0.1, 0.15) is 6.42 Å². The van der Waals surface area contributed by atoms with Gasteiger partial charge in [0.25, 0.3) is 0 Å². The van der Waals surface area contributed by atoms with Crippen molar-refractivity contribution in [2.75, 3.05) is 25.0 Å². The lowest BCUT2D eigenvalue weighted by atomic mass is 10.1. The Bertz CT molecular complexity index is 456. The zero-order valence-corrected chi connectivity index (χ0v) is 12.0. The second kappa shape index (κ2) is 5.91. The molecule has 98 valence electrons. The summed E-state index contributed by atoms with van der Waals surface area (Å²) in [6.45, 7) is 1.39. The SMILES string of the molecule is O=C(Nc1ccc(Br)cc1Cl)N1CCC(CO)C1. The van der Waals surface area contributed by atoms with E-state index in [0.29, 0.717) is 23.8 Å². The van der Waals surface area contributed by atoms with Crippen LogP contribution < -0.4 is 5.32 Å². The van der Waals surface area contributed by atoms with Gasteiger partial charge in [0.1, 0.15) is 0 Å². The summed E-state index contributed by atoms with van der Waals surface area (Å²) in [4.78, 5) is 13.7. The average Bonchev–Trinajstić information content (AvgIpc) is 2.81. The van der Waals surface area contributed by atoms with E-state index in [1.807, 2.05) is 6.07 Å². The lowest BCUT2D eigenvalue weighted by Gasteiger charge is -2.17. The highest BCUT2D eigenvalue weighted by Crippen LogP contribution is 2.26. The van der Waals surface area contributed by atoms with Crippen LogP contribution in [-0.2, 0) is 0 Å². The number of nitrogens with one attached hydrogen (secondary N) is 1. The molecular formula is C12H14BrClN2O2. The highest BCUT2D eigenvalue weighted by atomic mass is 79.9. The number of likely N-dealkylation sites (tertiary alicyclic amines) is 1. The predicted octanol–water partition coefficient (Wildman–Crippen LogP) is 2.95. The number of carbonyl (C=O) groups is 1. The maximum atomic E-state index is 12.0. The number of urea groups is 1. The van der Waals surface area contributed by atoms with E-state index in [-0.39, 0.29) is 18.6 Å². The molecule has 1 aromatic carbocycles. The number of amides is 2. The smallest absolute Gasteiger partial charge is 0.321 e. The molecule has 4 nitrogen and oxygen atoms in total. The van der Waals surface area contributed by atoms with Gasteiger partial charge in [0, 0.05) is 30.1 Å². The summed E-state index contributed by atoms with van der Waals surface area (Å²) in [6, 6.07) is 5.14. The summed E-state index contributed by atoms with van der Waals surface area (Å²) in [5.41, 5.74) is 0.595. The Labute approximate surface area is 119 Å². The molecule has 0 radical (unpaired) electrons. The summed E-state index contributed by atoms with van der Waals surface area (Å²) in [5, 5.41) is 12.3. The highest BCUT2D eigenvalue weighted by Gasteiger charge is 2.25. The van der Waals surface area contributed by atoms with Gasteiger partial charge in [-0.05, 0) is 24.6 Å². The van der Waals surface area contributed by atoms with Gasteiger partial charge >= 0.3 is 6.03 Å². The van der Waals surface area contributed by atoms with Crippen LogP contribution >= 0.6 is 27.5 Å². The largest absolute Gasteiger partial charge is 0.396 e. The molecule has 0 saturated carbocycles. The standard InChI is InChI=1S/C12H14BrClN2O2/c13-9-1-2-11(10(14)5-9)15-12(18)16-4-3-8(6-16)7-17/h1-2,5,8,17H,3-4,6-7H2,(H,15,18). The van der Waals surface area contributed by atoms with Gasteiger partial charge in [-0.15, -0.1) is 0 Å². The molecule has 2 amide bonds.